The van der Waals surface area contributed by atoms with E-state index in [2.05, 4.69) is 29.0 Å². The number of imidazole rings is 1. The van der Waals surface area contributed by atoms with Gasteiger partial charge in [-0.3, -0.25) is 4.79 Å². The summed E-state index contributed by atoms with van der Waals surface area (Å²) in [6.07, 6.45) is 0. The van der Waals surface area contributed by atoms with Crippen LogP contribution in [0.1, 0.15) is 15.9 Å². The number of benzene rings is 2. The smallest absolute Gasteiger partial charge is 0.253 e. The normalized spacial score (nSPS) is 10.8. The fourth-order valence-electron chi connectivity index (χ4n) is 2.25. The average Bonchev–Trinajstić information content (AvgIpc) is 2.89. The summed E-state index contributed by atoms with van der Waals surface area (Å²) in [4.78, 5) is 21.4. The molecule has 0 radical (unpaired) electrons. The van der Waals surface area contributed by atoms with Gasteiger partial charge in [0.05, 0.1) is 11.0 Å². The maximum absolute atomic E-state index is 12.0. The number of aromatic nitrogens is 2. The maximum Gasteiger partial charge on any atom is 0.253 e. The van der Waals surface area contributed by atoms with E-state index in [1.165, 1.54) is 5.56 Å². The van der Waals surface area contributed by atoms with E-state index in [1.807, 2.05) is 30.3 Å². The van der Waals surface area contributed by atoms with E-state index in [0.29, 0.717) is 5.56 Å². The predicted molar refractivity (Wildman–Crippen MR) is 84.3 cm³/mol. The summed E-state index contributed by atoms with van der Waals surface area (Å²) in [5.74, 6) is 0.808. The van der Waals surface area contributed by atoms with Gasteiger partial charge in [-0.2, -0.15) is 0 Å². The highest BCUT2D eigenvalue weighted by molar-refractivity contribution is 5.97. The molecule has 0 aliphatic heterocycles. The van der Waals surface area contributed by atoms with Gasteiger partial charge in [0.25, 0.3) is 5.91 Å². The molecule has 0 atom stereocenters. The molecule has 0 saturated heterocycles. The van der Waals surface area contributed by atoms with Gasteiger partial charge in [0.2, 0.25) is 0 Å². The zero-order chi connectivity index (χ0) is 15.0. The minimum Gasteiger partial charge on any atom is -0.345 e. The van der Waals surface area contributed by atoms with Gasteiger partial charge in [-0.1, -0.05) is 29.8 Å². The summed E-state index contributed by atoms with van der Waals surface area (Å²) in [5.41, 5.74) is 4.65. The number of hydrogen-bond acceptors (Lipinski definition) is 2. The van der Waals surface area contributed by atoms with E-state index in [0.717, 1.165) is 22.4 Å². The molecule has 4 heteroatoms. The Hall–Kier alpha value is -2.62. The summed E-state index contributed by atoms with van der Waals surface area (Å²) in [5, 5.41) is 0. The highest BCUT2D eigenvalue weighted by Crippen LogP contribution is 2.22. The number of carbonyl (C=O) groups excluding carboxylic acids is 1. The van der Waals surface area contributed by atoms with Gasteiger partial charge in [-0.15, -0.1) is 0 Å². The average molecular weight is 279 g/mol. The summed E-state index contributed by atoms with van der Waals surface area (Å²) in [7, 11) is 3.49. The fourth-order valence-corrected chi connectivity index (χ4v) is 2.25. The van der Waals surface area contributed by atoms with Crippen molar-refractivity contribution in [1.82, 2.24) is 14.9 Å². The van der Waals surface area contributed by atoms with Gasteiger partial charge in [-0.25, -0.2) is 4.98 Å². The van der Waals surface area contributed by atoms with Gasteiger partial charge in [0, 0.05) is 25.2 Å². The number of aromatic amines is 1. The van der Waals surface area contributed by atoms with Crippen LogP contribution in [0.5, 0.6) is 0 Å². The Morgan fingerprint density at radius 3 is 2.48 bits per heavy atom. The zero-order valence-corrected chi connectivity index (χ0v) is 12.3. The highest BCUT2D eigenvalue weighted by Gasteiger charge is 2.11. The van der Waals surface area contributed by atoms with Gasteiger partial charge in [0.15, 0.2) is 0 Å². The third-order valence-corrected chi connectivity index (χ3v) is 3.46. The zero-order valence-electron chi connectivity index (χ0n) is 12.3. The second-order valence-corrected chi connectivity index (χ2v) is 5.38. The molecule has 0 unspecified atom stereocenters. The van der Waals surface area contributed by atoms with Crippen LogP contribution >= 0.6 is 0 Å². The van der Waals surface area contributed by atoms with Gasteiger partial charge in [-0.05, 0) is 25.1 Å². The van der Waals surface area contributed by atoms with Crippen LogP contribution < -0.4 is 0 Å². The van der Waals surface area contributed by atoms with Crippen molar-refractivity contribution in [2.24, 2.45) is 0 Å². The first-order valence-electron chi connectivity index (χ1n) is 6.83. The number of H-pyrrole nitrogens is 1. The van der Waals surface area contributed by atoms with Gasteiger partial charge < -0.3 is 9.88 Å². The molecule has 1 heterocycles. The van der Waals surface area contributed by atoms with Crippen molar-refractivity contribution in [2.75, 3.05) is 14.1 Å². The molecule has 0 aliphatic carbocycles. The summed E-state index contributed by atoms with van der Waals surface area (Å²) >= 11 is 0. The second kappa shape index (κ2) is 5.05. The molecule has 3 rings (SSSR count). The Bertz CT molecular complexity index is 801. The molecule has 2 aromatic carbocycles. The number of fused-ring (bicyclic) bond motifs is 1. The quantitative estimate of drug-likeness (QED) is 0.783. The molecule has 106 valence electrons. The predicted octanol–water partition coefficient (Wildman–Crippen LogP) is 3.24. The lowest BCUT2D eigenvalue weighted by molar-refractivity contribution is 0.0828. The van der Waals surface area contributed by atoms with Crippen LogP contribution in [0.25, 0.3) is 22.4 Å². The van der Waals surface area contributed by atoms with Crippen molar-refractivity contribution < 1.29 is 4.79 Å². The van der Waals surface area contributed by atoms with E-state index >= 15 is 0 Å². The molecule has 1 aromatic heterocycles. The van der Waals surface area contributed by atoms with E-state index in [1.54, 1.807) is 19.0 Å². The summed E-state index contributed by atoms with van der Waals surface area (Å²) in [6.45, 7) is 2.06. The minimum atomic E-state index is -0.0108. The first-order valence-corrected chi connectivity index (χ1v) is 6.83. The highest BCUT2D eigenvalue weighted by atomic mass is 16.2. The number of nitrogens with one attached hydrogen (secondary N) is 1. The number of aryl methyl sites for hydroxylation is 1. The molecule has 1 N–H and O–H groups in total. The van der Waals surface area contributed by atoms with Crippen LogP contribution in [0.2, 0.25) is 0 Å². The molecular formula is C17H17N3O. The molecular weight excluding hydrogens is 262 g/mol. The fraction of sp³-hybridized carbons (Fsp3) is 0.176. The van der Waals surface area contributed by atoms with E-state index in [9.17, 15) is 4.79 Å². The number of rotatable bonds is 2. The number of hydrogen-bond donors (Lipinski definition) is 1. The van der Waals surface area contributed by atoms with E-state index in [4.69, 9.17) is 0 Å². The van der Waals surface area contributed by atoms with Crippen LogP contribution in [0.15, 0.2) is 42.5 Å². The van der Waals surface area contributed by atoms with Crippen molar-refractivity contribution in [3.63, 3.8) is 0 Å². The summed E-state index contributed by atoms with van der Waals surface area (Å²) < 4.78 is 0. The molecule has 3 aromatic rings. The van der Waals surface area contributed by atoms with Crippen molar-refractivity contribution in [3.05, 3.63) is 53.6 Å². The van der Waals surface area contributed by atoms with Crippen LogP contribution in [-0.2, 0) is 0 Å². The third kappa shape index (κ3) is 2.52. The van der Waals surface area contributed by atoms with Crippen LogP contribution in [0.3, 0.4) is 0 Å². The van der Waals surface area contributed by atoms with Crippen molar-refractivity contribution in [1.29, 1.82) is 0 Å². The maximum atomic E-state index is 12.0. The molecule has 21 heavy (non-hydrogen) atoms. The molecule has 4 nitrogen and oxygen atoms in total. The Balaban J connectivity index is 2.04. The van der Waals surface area contributed by atoms with Crippen molar-refractivity contribution >= 4 is 16.9 Å². The molecule has 1 amide bonds. The lowest BCUT2D eigenvalue weighted by Gasteiger charge is -2.09. The first-order chi connectivity index (χ1) is 10.0. The SMILES string of the molecule is Cc1ccc(-c2nc3ccc(C(=O)N(C)C)cc3[nH]2)cc1. The van der Waals surface area contributed by atoms with Crippen LogP contribution in [0.4, 0.5) is 0 Å². The first kappa shape index (κ1) is 13.4. The molecule has 0 spiro atoms. The molecule has 0 saturated carbocycles. The number of amides is 1. The lowest BCUT2D eigenvalue weighted by Crippen LogP contribution is -2.21. The molecule has 0 aliphatic rings. The number of nitrogens with zero attached hydrogens (tertiary/aromatic N) is 2. The third-order valence-electron chi connectivity index (χ3n) is 3.46. The van der Waals surface area contributed by atoms with Gasteiger partial charge >= 0.3 is 0 Å². The standard InChI is InChI=1S/C17H17N3O/c1-11-4-6-12(7-5-11)16-18-14-9-8-13(10-15(14)19-16)17(21)20(2)3/h4-10H,1-3H3,(H,18,19). The van der Waals surface area contributed by atoms with Crippen LogP contribution in [0, 0.1) is 6.92 Å². The minimum absolute atomic E-state index is 0.0108. The van der Waals surface area contributed by atoms with Crippen molar-refractivity contribution in [3.8, 4) is 11.4 Å². The van der Waals surface area contributed by atoms with Gasteiger partial charge in [0.1, 0.15) is 5.82 Å². The topological polar surface area (TPSA) is 49.0 Å². The number of carbonyl (C=O) groups is 1. The second-order valence-electron chi connectivity index (χ2n) is 5.38. The Morgan fingerprint density at radius 2 is 1.81 bits per heavy atom. The monoisotopic (exact) mass is 279 g/mol. The Morgan fingerprint density at radius 1 is 1.10 bits per heavy atom. The molecule has 0 fully saturated rings. The van der Waals surface area contributed by atoms with E-state index < -0.39 is 0 Å². The van der Waals surface area contributed by atoms with Crippen LogP contribution in [-0.4, -0.2) is 34.9 Å². The van der Waals surface area contributed by atoms with E-state index in [-0.39, 0.29) is 5.91 Å². The van der Waals surface area contributed by atoms with Crippen molar-refractivity contribution in [2.45, 2.75) is 6.92 Å². The summed E-state index contributed by atoms with van der Waals surface area (Å²) in [6, 6.07) is 13.7. The molecule has 0 bridgehead atoms. The Labute approximate surface area is 123 Å². The largest absolute Gasteiger partial charge is 0.345 e. The Kier molecular flexibility index (Phi) is 3.22. The lowest BCUT2D eigenvalue weighted by atomic mass is 10.1.